The third kappa shape index (κ3) is 3.91. The van der Waals surface area contributed by atoms with Gasteiger partial charge in [-0.15, -0.1) is 0 Å². The molecule has 0 aromatic carbocycles. The van der Waals surface area contributed by atoms with E-state index in [1.54, 1.807) is 14.2 Å². The lowest BCUT2D eigenvalue weighted by atomic mass is 10.0. The van der Waals surface area contributed by atoms with Gasteiger partial charge in [-0.1, -0.05) is 0 Å². The molecule has 116 valence electrons. The van der Waals surface area contributed by atoms with Crippen molar-refractivity contribution in [2.45, 2.75) is 25.0 Å². The SMILES string of the molecule is COC1(OC)CCN(C(=O)CCN2CCOCC2)CC1. The molecule has 0 radical (unpaired) electrons. The first kappa shape index (κ1) is 15.7. The summed E-state index contributed by atoms with van der Waals surface area (Å²) >= 11 is 0. The molecule has 0 aromatic rings. The number of hydrogen-bond acceptors (Lipinski definition) is 5. The highest BCUT2D eigenvalue weighted by Crippen LogP contribution is 2.26. The standard InChI is InChI=1S/C14H26N2O4/c1-18-14(19-2)4-7-16(8-5-14)13(17)3-6-15-9-11-20-12-10-15/h3-12H2,1-2H3. The second-order valence-electron chi connectivity index (χ2n) is 5.40. The first-order chi connectivity index (χ1) is 9.69. The molecule has 2 saturated heterocycles. The maximum Gasteiger partial charge on any atom is 0.223 e. The van der Waals surface area contributed by atoms with Crippen molar-refractivity contribution in [2.24, 2.45) is 0 Å². The minimum absolute atomic E-state index is 0.234. The molecule has 0 saturated carbocycles. The van der Waals surface area contributed by atoms with Gasteiger partial charge in [-0.05, 0) is 0 Å². The van der Waals surface area contributed by atoms with Crippen LogP contribution in [0.25, 0.3) is 0 Å². The second-order valence-corrected chi connectivity index (χ2v) is 5.40. The molecule has 0 atom stereocenters. The number of morpholine rings is 1. The largest absolute Gasteiger partial charge is 0.379 e. The van der Waals surface area contributed by atoms with Crippen LogP contribution < -0.4 is 0 Å². The van der Waals surface area contributed by atoms with Crippen molar-refractivity contribution in [3.8, 4) is 0 Å². The third-order valence-electron chi connectivity index (χ3n) is 4.37. The fourth-order valence-electron chi connectivity index (χ4n) is 2.83. The normalized spacial score (nSPS) is 23.8. The topological polar surface area (TPSA) is 51.2 Å². The molecule has 2 aliphatic heterocycles. The number of nitrogens with zero attached hydrogens (tertiary/aromatic N) is 2. The zero-order valence-electron chi connectivity index (χ0n) is 12.6. The van der Waals surface area contributed by atoms with Gasteiger partial charge < -0.3 is 19.1 Å². The van der Waals surface area contributed by atoms with E-state index in [4.69, 9.17) is 14.2 Å². The van der Waals surface area contributed by atoms with Gasteiger partial charge in [0, 0.05) is 66.2 Å². The zero-order chi connectivity index (χ0) is 14.4. The number of amides is 1. The maximum atomic E-state index is 12.2. The minimum atomic E-state index is -0.499. The van der Waals surface area contributed by atoms with Crippen molar-refractivity contribution < 1.29 is 19.0 Å². The molecule has 0 bridgehead atoms. The first-order valence-electron chi connectivity index (χ1n) is 7.37. The first-order valence-corrected chi connectivity index (χ1v) is 7.37. The van der Waals surface area contributed by atoms with E-state index in [1.165, 1.54) is 0 Å². The van der Waals surface area contributed by atoms with Crippen LogP contribution >= 0.6 is 0 Å². The van der Waals surface area contributed by atoms with Gasteiger partial charge in [0.1, 0.15) is 0 Å². The number of carbonyl (C=O) groups excluding carboxylic acids is 1. The minimum Gasteiger partial charge on any atom is -0.379 e. The van der Waals surface area contributed by atoms with Gasteiger partial charge in [0.2, 0.25) is 5.91 Å². The molecular weight excluding hydrogens is 260 g/mol. The summed E-state index contributed by atoms with van der Waals surface area (Å²) in [5, 5.41) is 0. The van der Waals surface area contributed by atoms with Crippen molar-refractivity contribution in [1.82, 2.24) is 9.80 Å². The van der Waals surface area contributed by atoms with Crippen LogP contribution in [0, 0.1) is 0 Å². The molecule has 1 amide bonds. The Balaban J connectivity index is 1.71. The van der Waals surface area contributed by atoms with E-state index in [9.17, 15) is 4.79 Å². The number of ether oxygens (including phenoxy) is 3. The fraction of sp³-hybridized carbons (Fsp3) is 0.929. The number of likely N-dealkylation sites (tertiary alicyclic amines) is 1. The Hall–Kier alpha value is -0.690. The Morgan fingerprint density at radius 3 is 2.25 bits per heavy atom. The zero-order valence-corrected chi connectivity index (χ0v) is 12.6. The average molecular weight is 286 g/mol. The number of piperidine rings is 1. The molecule has 0 N–H and O–H groups in total. The van der Waals surface area contributed by atoms with Crippen molar-refractivity contribution in [3.05, 3.63) is 0 Å². The van der Waals surface area contributed by atoms with Crippen LogP contribution in [0.15, 0.2) is 0 Å². The van der Waals surface area contributed by atoms with Crippen LogP contribution in [0.5, 0.6) is 0 Å². The molecule has 2 heterocycles. The molecule has 0 unspecified atom stereocenters. The van der Waals surface area contributed by atoms with Crippen molar-refractivity contribution in [3.63, 3.8) is 0 Å². The summed E-state index contributed by atoms with van der Waals surface area (Å²) in [5.41, 5.74) is 0. The van der Waals surface area contributed by atoms with Gasteiger partial charge in [0.25, 0.3) is 0 Å². The number of methoxy groups -OCH3 is 2. The van der Waals surface area contributed by atoms with Crippen LogP contribution in [-0.2, 0) is 19.0 Å². The van der Waals surface area contributed by atoms with Crippen molar-refractivity contribution >= 4 is 5.91 Å². The lowest BCUT2D eigenvalue weighted by molar-refractivity contribution is -0.228. The molecule has 2 rings (SSSR count). The van der Waals surface area contributed by atoms with Crippen molar-refractivity contribution in [2.75, 3.05) is 60.2 Å². The van der Waals surface area contributed by atoms with Crippen LogP contribution in [0.1, 0.15) is 19.3 Å². The molecule has 6 heteroatoms. The molecule has 6 nitrogen and oxygen atoms in total. The molecular formula is C14H26N2O4. The number of hydrogen-bond donors (Lipinski definition) is 0. The summed E-state index contributed by atoms with van der Waals surface area (Å²) in [5.74, 6) is -0.265. The lowest BCUT2D eigenvalue weighted by Gasteiger charge is -2.39. The van der Waals surface area contributed by atoms with E-state index in [0.29, 0.717) is 19.5 Å². The summed E-state index contributed by atoms with van der Waals surface area (Å²) in [6.45, 7) is 5.68. The van der Waals surface area contributed by atoms with Gasteiger partial charge in [0.05, 0.1) is 13.2 Å². The van der Waals surface area contributed by atoms with Gasteiger partial charge in [-0.25, -0.2) is 0 Å². The number of rotatable bonds is 5. The summed E-state index contributed by atoms with van der Waals surface area (Å²) in [7, 11) is 3.33. The van der Waals surface area contributed by atoms with Crippen LogP contribution in [0.4, 0.5) is 0 Å². The van der Waals surface area contributed by atoms with Crippen LogP contribution in [0.3, 0.4) is 0 Å². The Morgan fingerprint density at radius 1 is 1.10 bits per heavy atom. The number of carbonyl (C=O) groups is 1. The molecule has 0 aromatic heterocycles. The molecule has 20 heavy (non-hydrogen) atoms. The predicted octanol–water partition coefficient (Wildman–Crippen LogP) is 0.320. The Labute approximate surface area is 120 Å². The van der Waals surface area contributed by atoms with E-state index in [1.807, 2.05) is 4.90 Å². The molecule has 2 aliphatic rings. The van der Waals surface area contributed by atoms with Crippen LogP contribution in [0.2, 0.25) is 0 Å². The molecule has 2 fully saturated rings. The summed E-state index contributed by atoms with van der Waals surface area (Å²) < 4.78 is 16.2. The third-order valence-corrected chi connectivity index (χ3v) is 4.37. The van der Waals surface area contributed by atoms with Gasteiger partial charge >= 0.3 is 0 Å². The lowest BCUT2D eigenvalue weighted by Crippen LogP contribution is -2.49. The molecule has 0 spiro atoms. The summed E-state index contributed by atoms with van der Waals surface area (Å²) in [4.78, 5) is 16.4. The quantitative estimate of drug-likeness (QED) is 0.681. The Kier molecular flexibility index (Phi) is 5.77. The highest BCUT2D eigenvalue weighted by Gasteiger charge is 2.35. The summed E-state index contributed by atoms with van der Waals surface area (Å²) in [6.07, 6.45) is 2.07. The van der Waals surface area contributed by atoms with Gasteiger partial charge in [-0.2, -0.15) is 0 Å². The van der Waals surface area contributed by atoms with E-state index in [-0.39, 0.29) is 5.91 Å². The predicted molar refractivity (Wildman–Crippen MR) is 74.4 cm³/mol. The maximum absolute atomic E-state index is 12.2. The highest BCUT2D eigenvalue weighted by molar-refractivity contribution is 5.76. The van der Waals surface area contributed by atoms with E-state index in [2.05, 4.69) is 4.90 Å². The van der Waals surface area contributed by atoms with Gasteiger partial charge in [-0.3, -0.25) is 9.69 Å². The smallest absolute Gasteiger partial charge is 0.223 e. The van der Waals surface area contributed by atoms with E-state index in [0.717, 1.165) is 45.7 Å². The van der Waals surface area contributed by atoms with Gasteiger partial charge in [0.15, 0.2) is 5.79 Å². The second kappa shape index (κ2) is 7.36. The highest BCUT2D eigenvalue weighted by atomic mass is 16.7. The Morgan fingerprint density at radius 2 is 1.70 bits per heavy atom. The fourth-order valence-corrected chi connectivity index (χ4v) is 2.83. The molecule has 0 aliphatic carbocycles. The average Bonchev–Trinajstić information content (AvgIpc) is 2.53. The van der Waals surface area contributed by atoms with E-state index < -0.39 is 5.79 Å². The van der Waals surface area contributed by atoms with Crippen molar-refractivity contribution in [1.29, 1.82) is 0 Å². The monoisotopic (exact) mass is 286 g/mol. The van der Waals surface area contributed by atoms with E-state index >= 15 is 0 Å². The Bertz CT molecular complexity index is 304. The summed E-state index contributed by atoms with van der Waals surface area (Å²) in [6, 6.07) is 0. The van der Waals surface area contributed by atoms with Crippen LogP contribution in [-0.4, -0.2) is 81.7 Å².